The molecule has 0 aliphatic carbocycles. The first-order chi connectivity index (χ1) is 7.88. The van der Waals surface area contributed by atoms with Crippen LogP contribution in [0.25, 0.3) is 0 Å². The molecule has 2 rings (SSSR count). The second-order valence-corrected chi connectivity index (χ2v) is 3.84. The van der Waals surface area contributed by atoms with Gasteiger partial charge in [0.25, 0.3) is 0 Å². The molecular weight excluding hydrogens is 206 g/mol. The highest BCUT2D eigenvalue weighted by atomic mass is 16.5. The SMILES string of the molecule is O=Cc1ccc(OCC2CCCCO2)cn1. The maximum Gasteiger partial charge on any atom is 0.168 e. The van der Waals surface area contributed by atoms with Gasteiger partial charge in [-0.25, -0.2) is 4.98 Å². The number of hydrogen-bond donors (Lipinski definition) is 0. The van der Waals surface area contributed by atoms with Gasteiger partial charge in [-0.05, 0) is 31.4 Å². The molecule has 2 heterocycles. The fourth-order valence-corrected chi connectivity index (χ4v) is 1.67. The number of nitrogens with zero attached hydrogens (tertiary/aromatic N) is 1. The van der Waals surface area contributed by atoms with Crippen LogP contribution in [0.5, 0.6) is 5.75 Å². The summed E-state index contributed by atoms with van der Waals surface area (Å²) in [5, 5.41) is 0. The van der Waals surface area contributed by atoms with E-state index in [0.29, 0.717) is 24.3 Å². The van der Waals surface area contributed by atoms with E-state index in [4.69, 9.17) is 9.47 Å². The van der Waals surface area contributed by atoms with Gasteiger partial charge in [-0.2, -0.15) is 0 Å². The lowest BCUT2D eigenvalue weighted by molar-refractivity contribution is -0.0111. The number of aldehydes is 1. The molecule has 4 nitrogen and oxygen atoms in total. The summed E-state index contributed by atoms with van der Waals surface area (Å²) < 4.78 is 11.1. The third kappa shape index (κ3) is 3.03. The fourth-order valence-electron chi connectivity index (χ4n) is 1.67. The van der Waals surface area contributed by atoms with Crippen molar-refractivity contribution in [3.8, 4) is 5.75 Å². The van der Waals surface area contributed by atoms with Gasteiger partial charge in [0.1, 0.15) is 18.1 Å². The number of pyridine rings is 1. The van der Waals surface area contributed by atoms with Crippen LogP contribution in [0.1, 0.15) is 29.8 Å². The molecule has 1 aliphatic heterocycles. The highest BCUT2D eigenvalue weighted by Crippen LogP contribution is 2.15. The fraction of sp³-hybridized carbons (Fsp3) is 0.500. The van der Waals surface area contributed by atoms with E-state index in [-0.39, 0.29) is 6.10 Å². The summed E-state index contributed by atoms with van der Waals surface area (Å²) in [6.07, 6.45) is 5.88. The molecule has 0 bridgehead atoms. The van der Waals surface area contributed by atoms with E-state index in [1.807, 2.05) is 0 Å². The van der Waals surface area contributed by atoms with Gasteiger partial charge in [-0.15, -0.1) is 0 Å². The van der Waals surface area contributed by atoms with Crippen LogP contribution in [0.15, 0.2) is 18.3 Å². The van der Waals surface area contributed by atoms with E-state index in [0.717, 1.165) is 19.4 Å². The van der Waals surface area contributed by atoms with Crippen molar-refractivity contribution in [2.75, 3.05) is 13.2 Å². The van der Waals surface area contributed by atoms with Crippen molar-refractivity contribution >= 4 is 6.29 Å². The normalized spacial score (nSPS) is 20.4. The minimum Gasteiger partial charge on any atom is -0.489 e. The van der Waals surface area contributed by atoms with Crippen LogP contribution in [0.2, 0.25) is 0 Å². The van der Waals surface area contributed by atoms with E-state index in [1.54, 1.807) is 18.3 Å². The van der Waals surface area contributed by atoms with E-state index in [1.165, 1.54) is 6.42 Å². The van der Waals surface area contributed by atoms with Crippen LogP contribution in [0, 0.1) is 0 Å². The number of carbonyl (C=O) groups is 1. The van der Waals surface area contributed by atoms with Gasteiger partial charge in [0.2, 0.25) is 0 Å². The zero-order chi connectivity index (χ0) is 11.2. The Hall–Kier alpha value is -1.42. The molecule has 86 valence electrons. The molecule has 16 heavy (non-hydrogen) atoms. The predicted octanol–water partition coefficient (Wildman–Crippen LogP) is 1.84. The first-order valence-corrected chi connectivity index (χ1v) is 5.54. The Morgan fingerprint density at radius 1 is 1.50 bits per heavy atom. The number of rotatable bonds is 4. The molecule has 0 N–H and O–H groups in total. The lowest BCUT2D eigenvalue weighted by Gasteiger charge is -2.22. The Labute approximate surface area is 94.6 Å². The summed E-state index contributed by atoms with van der Waals surface area (Å²) >= 11 is 0. The van der Waals surface area contributed by atoms with Gasteiger partial charge in [0.05, 0.1) is 12.3 Å². The standard InChI is InChI=1S/C12H15NO3/c14-8-10-4-5-11(7-13-10)16-9-12-3-1-2-6-15-12/h4-5,7-8,12H,1-3,6,9H2. The summed E-state index contributed by atoms with van der Waals surface area (Å²) in [4.78, 5) is 14.3. The summed E-state index contributed by atoms with van der Waals surface area (Å²) in [5.41, 5.74) is 0.418. The molecular formula is C12H15NO3. The minimum absolute atomic E-state index is 0.194. The maximum atomic E-state index is 10.4. The van der Waals surface area contributed by atoms with E-state index < -0.39 is 0 Å². The molecule has 1 aromatic rings. The predicted molar refractivity (Wildman–Crippen MR) is 58.7 cm³/mol. The number of aromatic nitrogens is 1. The molecule has 1 fully saturated rings. The Morgan fingerprint density at radius 2 is 2.44 bits per heavy atom. The van der Waals surface area contributed by atoms with Crippen molar-refractivity contribution in [2.24, 2.45) is 0 Å². The number of ether oxygens (including phenoxy) is 2. The van der Waals surface area contributed by atoms with Gasteiger partial charge in [-0.1, -0.05) is 0 Å². The lowest BCUT2D eigenvalue weighted by Crippen LogP contribution is -2.25. The van der Waals surface area contributed by atoms with E-state index in [2.05, 4.69) is 4.98 Å². The Balaban J connectivity index is 1.81. The van der Waals surface area contributed by atoms with Gasteiger partial charge in [-0.3, -0.25) is 4.79 Å². The highest BCUT2D eigenvalue weighted by Gasteiger charge is 2.14. The summed E-state index contributed by atoms with van der Waals surface area (Å²) in [6, 6.07) is 3.39. The molecule has 1 atom stereocenters. The topological polar surface area (TPSA) is 48.4 Å². The highest BCUT2D eigenvalue weighted by molar-refractivity contribution is 5.71. The third-order valence-electron chi connectivity index (χ3n) is 2.59. The average molecular weight is 221 g/mol. The zero-order valence-electron chi connectivity index (χ0n) is 9.09. The molecule has 0 spiro atoms. The molecule has 1 saturated heterocycles. The second-order valence-electron chi connectivity index (χ2n) is 3.84. The number of hydrogen-bond acceptors (Lipinski definition) is 4. The quantitative estimate of drug-likeness (QED) is 0.728. The summed E-state index contributed by atoms with van der Waals surface area (Å²) in [7, 11) is 0. The molecule has 0 amide bonds. The van der Waals surface area contributed by atoms with Crippen molar-refractivity contribution in [1.29, 1.82) is 0 Å². The molecule has 0 radical (unpaired) electrons. The third-order valence-corrected chi connectivity index (χ3v) is 2.59. The minimum atomic E-state index is 0.194. The van der Waals surface area contributed by atoms with Crippen LogP contribution < -0.4 is 4.74 Å². The van der Waals surface area contributed by atoms with Gasteiger partial charge < -0.3 is 9.47 Å². The number of carbonyl (C=O) groups excluding carboxylic acids is 1. The first kappa shape index (κ1) is 11.1. The van der Waals surface area contributed by atoms with Crippen LogP contribution in [-0.4, -0.2) is 30.6 Å². The van der Waals surface area contributed by atoms with Crippen molar-refractivity contribution in [1.82, 2.24) is 4.98 Å². The first-order valence-electron chi connectivity index (χ1n) is 5.54. The average Bonchev–Trinajstić information content (AvgIpc) is 2.38. The molecule has 1 aliphatic rings. The maximum absolute atomic E-state index is 10.4. The van der Waals surface area contributed by atoms with Gasteiger partial charge >= 0.3 is 0 Å². The Morgan fingerprint density at radius 3 is 3.06 bits per heavy atom. The largest absolute Gasteiger partial charge is 0.489 e. The van der Waals surface area contributed by atoms with Crippen molar-refractivity contribution in [2.45, 2.75) is 25.4 Å². The molecule has 0 saturated carbocycles. The lowest BCUT2D eigenvalue weighted by atomic mass is 10.1. The summed E-state index contributed by atoms with van der Waals surface area (Å²) in [5.74, 6) is 0.680. The zero-order valence-corrected chi connectivity index (χ0v) is 9.09. The van der Waals surface area contributed by atoms with Crippen molar-refractivity contribution < 1.29 is 14.3 Å². The Kier molecular flexibility index (Phi) is 3.88. The van der Waals surface area contributed by atoms with Crippen LogP contribution in [0.4, 0.5) is 0 Å². The summed E-state index contributed by atoms with van der Waals surface area (Å²) in [6.45, 7) is 1.39. The monoisotopic (exact) mass is 221 g/mol. The molecule has 1 aromatic heterocycles. The van der Waals surface area contributed by atoms with E-state index >= 15 is 0 Å². The van der Waals surface area contributed by atoms with Crippen LogP contribution in [0.3, 0.4) is 0 Å². The van der Waals surface area contributed by atoms with Crippen LogP contribution >= 0.6 is 0 Å². The Bertz CT molecular complexity index is 331. The second kappa shape index (κ2) is 5.61. The van der Waals surface area contributed by atoms with Crippen LogP contribution in [-0.2, 0) is 4.74 Å². The van der Waals surface area contributed by atoms with Gasteiger partial charge in [0, 0.05) is 6.61 Å². The smallest absolute Gasteiger partial charge is 0.168 e. The van der Waals surface area contributed by atoms with Crippen molar-refractivity contribution in [3.05, 3.63) is 24.0 Å². The molecule has 4 heteroatoms. The molecule has 0 aromatic carbocycles. The van der Waals surface area contributed by atoms with Crippen molar-refractivity contribution in [3.63, 3.8) is 0 Å². The molecule has 1 unspecified atom stereocenters. The van der Waals surface area contributed by atoms with E-state index in [9.17, 15) is 4.79 Å². The van der Waals surface area contributed by atoms with Gasteiger partial charge in [0.15, 0.2) is 6.29 Å².